The molecule has 7 heteroatoms. The van der Waals surface area contributed by atoms with Crippen molar-refractivity contribution >= 4 is 22.6 Å². The number of aryl methyl sites for hydroxylation is 1. The van der Waals surface area contributed by atoms with Crippen LogP contribution in [0.3, 0.4) is 0 Å². The number of carbonyl (C=O) groups is 1. The Morgan fingerprint density at radius 1 is 1.20 bits per heavy atom. The Morgan fingerprint density at radius 2 is 1.92 bits per heavy atom. The minimum Gasteiger partial charge on any atom is -0.493 e. The number of rotatable bonds is 5. The first-order valence-electron chi connectivity index (χ1n) is 7.77. The van der Waals surface area contributed by atoms with Crippen molar-refractivity contribution in [1.82, 2.24) is 4.57 Å². The molecule has 2 aromatic carbocycles. The molecule has 0 aliphatic rings. The normalized spacial score (nSPS) is 11.2. The molecule has 25 heavy (non-hydrogen) atoms. The highest BCUT2D eigenvalue weighted by Crippen LogP contribution is 2.38. The summed E-state index contributed by atoms with van der Waals surface area (Å²) in [5.41, 5.74) is 7.13. The van der Waals surface area contributed by atoms with Gasteiger partial charge >= 0.3 is 6.03 Å². The van der Waals surface area contributed by atoms with Crippen molar-refractivity contribution < 1.29 is 14.6 Å². The van der Waals surface area contributed by atoms with Gasteiger partial charge in [0.25, 0.3) is 0 Å². The fraction of sp³-hybridized carbons (Fsp3) is 0.167. The third-order valence-corrected chi connectivity index (χ3v) is 3.77. The minimum absolute atomic E-state index is 0.0845. The number of nitrogens with two attached hydrogens (primary N) is 1. The number of fused-ring (bicyclic) bond motifs is 1. The molecule has 3 rings (SSSR count). The average Bonchev–Trinajstić information content (AvgIpc) is 2.86. The van der Waals surface area contributed by atoms with Crippen LogP contribution in [0.25, 0.3) is 10.9 Å². The molecule has 0 radical (unpaired) electrons. The van der Waals surface area contributed by atoms with Gasteiger partial charge in [-0.25, -0.2) is 4.79 Å². The topological polar surface area (TPSA) is 102 Å². The number of benzene rings is 2. The first-order chi connectivity index (χ1) is 12.1. The number of para-hydroxylation sites is 1. The molecule has 128 valence electrons. The van der Waals surface area contributed by atoms with Gasteiger partial charge in [-0.3, -0.25) is 0 Å². The molecule has 0 atom stereocenters. The van der Waals surface area contributed by atoms with E-state index < -0.39 is 6.03 Å². The van der Waals surface area contributed by atoms with E-state index >= 15 is 0 Å². The highest BCUT2D eigenvalue weighted by molar-refractivity contribution is 5.95. The summed E-state index contributed by atoms with van der Waals surface area (Å²) < 4.78 is 7.38. The predicted molar refractivity (Wildman–Crippen MR) is 94.4 cm³/mol. The maximum absolute atomic E-state index is 10.8. The number of aromatic nitrogens is 1. The number of urea groups is 1. The number of aromatic hydroxyl groups is 1. The van der Waals surface area contributed by atoms with E-state index in [1.807, 2.05) is 49.4 Å². The zero-order chi connectivity index (χ0) is 17.8. The molecule has 1 aromatic heterocycles. The zero-order valence-electron chi connectivity index (χ0n) is 13.7. The summed E-state index contributed by atoms with van der Waals surface area (Å²) in [5.74, 6) is 0.675. The lowest BCUT2D eigenvalue weighted by atomic mass is 10.2. The number of azo groups is 1. The molecular weight excluding hydrogens is 320 g/mol. The molecule has 0 spiro atoms. The maximum atomic E-state index is 10.8. The zero-order valence-corrected chi connectivity index (χ0v) is 13.7. The molecule has 0 fully saturated rings. The largest absolute Gasteiger partial charge is 0.493 e. The van der Waals surface area contributed by atoms with E-state index in [9.17, 15) is 9.90 Å². The van der Waals surface area contributed by atoms with E-state index in [1.54, 1.807) is 10.6 Å². The van der Waals surface area contributed by atoms with Crippen molar-refractivity contribution in [2.24, 2.45) is 16.0 Å². The monoisotopic (exact) mass is 338 g/mol. The van der Waals surface area contributed by atoms with Gasteiger partial charge in [0.2, 0.25) is 5.88 Å². The molecule has 0 saturated heterocycles. The van der Waals surface area contributed by atoms with Crippen molar-refractivity contribution in [2.75, 3.05) is 6.61 Å². The molecule has 7 nitrogen and oxygen atoms in total. The molecule has 3 N–H and O–H groups in total. The fourth-order valence-corrected chi connectivity index (χ4v) is 2.59. The van der Waals surface area contributed by atoms with Crippen LogP contribution in [0.15, 0.2) is 58.8 Å². The van der Waals surface area contributed by atoms with Gasteiger partial charge in [-0.15, -0.1) is 5.11 Å². The summed E-state index contributed by atoms with van der Waals surface area (Å²) in [5, 5.41) is 18.2. The van der Waals surface area contributed by atoms with E-state index in [4.69, 9.17) is 10.5 Å². The van der Waals surface area contributed by atoms with Gasteiger partial charge in [-0.1, -0.05) is 41.0 Å². The Kier molecular flexibility index (Phi) is 4.65. The summed E-state index contributed by atoms with van der Waals surface area (Å²) in [7, 11) is 0. The Morgan fingerprint density at radius 3 is 2.64 bits per heavy atom. The highest BCUT2D eigenvalue weighted by atomic mass is 16.5. The van der Waals surface area contributed by atoms with Crippen LogP contribution >= 0.6 is 0 Å². The molecule has 0 unspecified atom stereocenters. The van der Waals surface area contributed by atoms with Crippen LogP contribution in [-0.4, -0.2) is 22.3 Å². The van der Waals surface area contributed by atoms with Crippen molar-refractivity contribution in [1.29, 1.82) is 0 Å². The van der Waals surface area contributed by atoms with Crippen LogP contribution in [0.1, 0.15) is 5.56 Å². The molecule has 1 heterocycles. The summed E-state index contributed by atoms with van der Waals surface area (Å²) in [6.45, 7) is 2.78. The SMILES string of the molecule is Cc1ccc(OCCn2c(O)c(N=NC(N)=O)c3ccccc32)cc1. The second kappa shape index (κ2) is 7.04. The van der Waals surface area contributed by atoms with Gasteiger partial charge in [-0.05, 0) is 25.1 Å². The second-order valence-corrected chi connectivity index (χ2v) is 5.54. The van der Waals surface area contributed by atoms with E-state index in [-0.39, 0.29) is 11.6 Å². The molecule has 2 amide bonds. The van der Waals surface area contributed by atoms with Crippen LogP contribution in [0.2, 0.25) is 0 Å². The van der Waals surface area contributed by atoms with Gasteiger partial charge in [0, 0.05) is 5.39 Å². The van der Waals surface area contributed by atoms with Gasteiger partial charge in [0.15, 0.2) is 5.69 Å². The Hall–Kier alpha value is -3.35. The first-order valence-corrected chi connectivity index (χ1v) is 7.77. The lowest BCUT2D eigenvalue weighted by molar-refractivity contribution is 0.255. The van der Waals surface area contributed by atoms with Crippen molar-refractivity contribution in [3.8, 4) is 11.6 Å². The average molecular weight is 338 g/mol. The third kappa shape index (κ3) is 3.60. The van der Waals surface area contributed by atoms with Gasteiger partial charge < -0.3 is 20.1 Å². The quantitative estimate of drug-likeness (QED) is 0.690. The van der Waals surface area contributed by atoms with Crippen molar-refractivity contribution in [3.05, 3.63) is 54.1 Å². The number of carbonyl (C=O) groups excluding carboxylic acids is 1. The molecule has 0 aliphatic carbocycles. The Labute approximate surface area is 144 Å². The minimum atomic E-state index is -0.918. The number of hydrogen-bond acceptors (Lipinski definition) is 4. The smallest absolute Gasteiger partial charge is 0.356 e. The van der Waals surface area contributed by atoms with Gasteiger partial charge in [0.05, 0.1) is 12.1 Å². The van der Waals surface area contributed by atoms with E-state index in [0.29, 0.717) is 18.5 Å². The Bertz CT molecular complexity index is 929. The van der Waals surface area contributed by atoms with Crippen LogP contribution < -0.4 is 10.5 Å². The molecule has 0 aliphatic heterocycles. The molecular formula is C18H18N4O3. The molecule has 0 bridgehead atoms. The number of primary amides is 1. The summed E-state index contributed by atoms with van der Waals surface area (Å²) >= 11 is 0. The van der Waals surface area contributed by atoms with E-state index in [0.717, 1.165) is 16.8 Å². The van der Waals surface area contributed by atoms with Crippen LogP contribution in [0.4, 0.5) is 10.5 Å². The predicted octanol–water partition coefficient (Wildman–Crippen LogP) is 3.90. The van der Waals surface area contributed by atoms with Crippen molar-refractivity contribution in [3.63, 3.8) is 0 Å². The van der Waals surface area contributed by atoms with E-state index in [2.05, 4.69) is 10.2 Å². The van der Waals surface area contributed by atoms with Crippen LogP contribution in [0, 0.1) is 6.92 Å². The lowest BCUT2D eigenvalue weighted by Gasteiger charge is -2.09. The highest BCUT2D eigenvalue weighted by Gasteiger charge is 2.16. The second-order valence-electron chi connectivity index (χ2n) is 5.54. The van der Waals surface area contributed by atoms with E-state index in [1.165, 1.54) is 0 Å². The van der Waals surface area contributed by atoms with Crippen LogP contribution in [-0.2, 0) is 6.54 Å². The first kappa shape index (κ1) is 16.5. The third-order valence-electron chi connectivity index (χ3n) is 3.77. The van der Waals surface area contributed by atoms with Gasteiger partial charge in [-0.2, -0.15) is 0 Å². The Balaban J connectivity index is 1.84. The van der Waals surface area contributed by atoms with Gasteiger partial charge in [0.1, 0.15) is 12.4 Å². The standard InChI is InChI=1S/C18H18N4O3/c1-12-6-8-13(9-7-12)25-11-10-22-15-5-3-2-4-14(15)16(17(22)23)20-21-18(19)24/h2-9,23H,10-11H2,1H3,(H2,19,24). The number of amides is 2. The van der Waals surface area contributed by atoms with Crippen LogP contribution in [0.5, 0.6) is 11.6 Å². The fourth-order valence-electron chi connectivity index (χ4n) is 2.59. The maximum Gasteiger partial charge on any atom is 0.356 e. The number of hydrogen-bond donors (Lipinski definition) is 2. The molecule has 3 aromatic rings. The van der Waals surface area contributed by atoms with Crippen molar-refractivity contribution in [2.45, 2.75) is 13.5 Å². The lowest BCUT2D eigenvalue weighted by Crippen LogP contribution is -2.07. The summed E-state index contributed by atoms with van der Waals surface area (Å²) in [6.07, 6.45) is 0. The number of ether oxygens (including phenoxy) is 1. The molecule has 0 saturated carbocycles. The summed E-state index contributed by atoms with van der Waals surface area (Å²) in [4.78, 5) is 10.8. The number of nitrogens with zero attached hydrogens (tertiary/aromatic N) is 3. The summed E-state index contributed by atoms with van der Waals surface area (Å²) in [6, 6.07) is 14.1.